The van der Waals surface area contributed by atoms with Crippen molar-refractivity contribution < 1.29 is 71.9 Å². The lowest BCUT2D eigenvalue weighted by Gasteiger charge is -2.35. The number of amides is 4. The molecule has 12 N–H and O–H groups in total. The maximum Gasteiger partial charge on any atom is 0.330 e. The van der Waals surface area contributed by atoms with Gasteiger partial charge in [-0.25, -0.2) is 63.6 Å². The van der Waals surface area contributed by atoms with E-state index >= 15 is 0 Å². The first-order valence-corrected chi connectivity index (χ1v) is 54.2. The summed E-state index contributed by atoms with van der Waals surface area (Å²) in [5.74, 6) is 1.12. The van der Waals surface area contributed by atoms with E-state index in [0.29, 0.717) is 116 Å². The highest BCUT2D eigenvalue weighted by Gasteiger charge is 2.46. The van der Waals surface area contributed by atoms with E-state index in [1.54, 1.807) is 43.3 Å². The van der Waals surface area contributed by atoms with Gasteiger partial charge in [-0.05, 0) is 264 Å². The van der Waals surface area contributed by atoms with Crippen LogP contribution in [0.5, 0.6) is 5.75 Å². The molecular weight excluding hydrogens is 1910 g/mol. The molecule has 4 fully saturated rings. The number of sulfonamides is 4. The van der Waals surface area contributed by atoms with Crippen molar-refractivity contribution in [1.29, 1.82) is 0 Å². The molecule has 0 radical (unpaired) electrons. The standard InChI is InChI=1S/C27H37N5O5S.C27H37N5O4S.C27H33N5O4S.C23H33N5O3S/c1-8-37-22(33)13-12-18-14-19(25(34)31-38(35,36)21-11-9-10-20(28)29-21)24(30-23(18)26(3,4)5)32-16-17(2)15-27(32,6)7;1-17-15-27(5,6)32(16-17)24-20(25(33)31-37(34,35)22-9-7-8-21(28)29-22)14-19(18-10-12-36-13-11-18)23(30-24)26(2,3)4;1-6-36-20-13-17(2)12-19(14-20)22-11-10-21(25(29-22)32-16-18(3)15-27(32,4)5)26(33)31-37(34,35)24-9-7-8-23(28)30-24;1-14(2)16(4)18-11-10-17(21(25-18)28-13-15(3)12-23(28,5)6)22(29)27-32(30,31)20-9-7-8-19(24)26-20/h9-14,17H,8,15-16H2,1-7H3,(H2,28,29)(H,31,34);7-10,14,17H,11-13,15-16H2,1-6H3,(H2,28,29)(H,31,33);7-14,18H,6,15-16H2,1-5H3,(H2,28,30)(H,31,33);7-11,14-16H,12-13H2,1-6H3,(H2,24,26)(H,27,29)/b13-12+;;;/t17-;;18-;15-,16?/m0.00/s1. The molecule has 4 amide bonds. The van der Waals surface area contributed by atoms with Crippen molar-refractivity contribution in [2.45, 2.75) is 257 Å². The van der Waals surface area contributed by atoms with Gasteiger partial charge < -0.3 is 56.7 Å². The Labute approximate surface area is 847 Å². The monoisotopic (exact) mass is 2050 g/mol. The number of carbonyl (C=O) groups excluding carboxylic acids is 5. The summed E-state index contributed by atoms with van der Waals surface area (Å²) in [6, 6.07) is 33.0. The molecule has 144 heavy (non-hydrogen) atoms. The van der Waals surface area contributed by atoms with Crippen LogP contribution in [-0.4, -0.2) is 178 Å². The van der Waals surface area contributed by atoms with E-state index in [1.807, 2.05) is 63.8 Å². The third-order valence-electron chi connectivity index (χ3n) is 25.6. The SMILES string of the molecule is CC(C)C(C)c1ccc(C(=O)NS(=O)(=O)c2cccc(N)n2)c(N2C[C@@H](C)CC2(C)C)n1.CC1CN(c2nc(C(C)(C)C)c(C3=CCOCC3)cc2C(=O)NS(=O)(=O)c2cccc(N)n2)C(C)(C)C1.CCOC(=O)/C=C/c1cc(C(=O)NS(=O)(=O)c2cccc(N)n2)c(N2C[C@@H](C)CC2(C)C)nc1C(C)(C)C.CCOc1cc(C)cc(-c2ccc(C(=O)NS(=O)(=O)c3cccc(N)n3)c(N3C[C@@H](C)CC3(C)C)n2)c1. The van der Waals surface area contributed by atoms with Gasteiger partial charge in [-0.3, -0.25) is 19.2 Å². The van der Waals surface area contributed by atoms with Crippen LogP contribution >= 0.6 is 0 Å². The number of nitrogen functional groups attached to an aromatic ring is 4. The summed E-state index contributed by atoms with van der Waals surface area (Å²) >= 11 is 0. The summed E-state index contributed by atoms with van der Waals surface area (Å²) < 4.78 is 128. The van der Waals surface area contributed by atoms with Gasteiger partial charge >= 0.3 is 5.97 Å². The van der Waals surface area contributed by atoms with Crippen LogP contribution in [0, 0.1) is 36.5 Å². The minimum Gasteiger partial charge on any atom is -0.494 e. The van der Waals surface area contributed by atoms with Crippen LogP contribution in [0.4, 0.5) is 46.5 Å². The largest absolute Gasteiger partial charge is 0.494 e. The van der Waals surface area contributed by atoms with Gasteiger partial charge in [-0.15, -0.1) is 0 Å². The molecule has 0 aliphatic carbocycles. The Morgan fingerprint density at radius 1 is 0.465 bits per heavy atom. The minimum atomic E-state index is -4.32. The van der Waals surface area contributed by atoms with Gasteiger partial charge in [0.15, 0.2) is 20.1 Å². The first-order chi connectivity index (χ1) is 66.9. The van der Waals surface area contributed by atoms with E-state index in [4.69, 9.17) is 57.1 Å². The van der Waals surface area contributed by atoms with Crippen LogP contribution in [0.3, 0.4) is 0 Å². The maximum absolute atomic E-state index is 13.7. The van der Waals surface area contributed by atoms with Gasteiger partial charge in [0.05, 0.1) is 65.8 Å². The number of anilines is 8. The third-order valence-corrected chi connectivity index (χ3v) is 30.6. The van der Waals surface area contributed by atoms with E-state index in [1.165, 1.54) is 84.9 Å². The molecule has 2 unspecified atom stereocenters. The number of nitrogens with zero attached hydrogens (tertiary/aromatic N) is 12. The number of nitrogens with one attached hydrogen (secondary N) is 4. The molecule has 40 heteroatoms. The predicted octanol–water partition coefficient (Wildman–Crippen LogP) is 15.3. The average Bonchev–Trinajstić information content (AvgIpc) is 1.42. The van der Waals surface area contributed by atoms with Gasteiger partial charge in [-0.1, -0.05) is 120 Å². The second kappa shape index (κ2) is 44.0. The smallest absolute Gasteiger partial charge is 0.330 e. The lowest BCUT2D eigenvalue weighted by molar-refractivity contribution is -0.137. The van der Waals surface area contributed by atoms with E-state index in [2.05, 4.69) is 178 Å². The molecule has 4 saturated heterocycles. The zero-order valence-electron chi connectivity index (χ0n) is 86.9. The lowest BCUT2D eigenvalue weighted by Crippen LogP contribution is -2.41. The predicted molar refractivity (Wildman–Crippen MR) is 562 cm³/mol. The summed E-state index contributed by atoms with van der Waals surface area (Å²) in [5, 5.41) is -1.32. The van der Waals surface area contributed by atoms with Crippen LogP contribution in [0.25, 0.3) is 22.9 Å². The van der Waals surface area contributed by atoms with Crippen molar-refractivity contribution in [3.05, 3.63) is 196 Å². The number of benzene rings is 1. The molecule has 1 aromatic carbocycles. The Morgan fingerprint density at radius 3 is 1.18 bits per heavy atom. The second-order valence-electron chi connectivity index (χ2n) is 42.6. The first kappa shape index (κ1) is 112. The number of esters is 1. The Morgan fingerprint density at radius 2 is 0.833 bits per heavy atom. The Balaban J connectivity index is 0.000000183. The van der Waals surface area contributed by atoms with Crippen LogP contribution in [-0.2, 0) is 65.2 Å². The molecule has 36 nitrogen and oxygen atoms in total. The number of carbonyl (C=O) groups is 5. The van der Waals surface area contributed by atoms with E-state index < -0.39 is 75.1 Å². The zero-order valence-corrected chi connectivity index (χ0v) is 90.1. The van der Waals surface area contributed by atoms with Gasteiger partial charge in [0.2, 0.25) is 0 Å². The molecule has 8 aromatic heterocycles. The highest BCUT2D eigenvalue weighted by molar-refractivity contribution is 7.91. The van der Waals surface area contributed by atoms with E-state index in [-0.39, 0.29) is 106 Å². The molecule has 14 rings (SSSR count). The van der Waals surface area contributed by atoms with E-state index in [9.17, 15) is 57.6 Å². The Kier molecular flexibility index (Phi) is 34.1. The van der Waals surface area contributed by atoms with Crippen molar-refractivity contribution in [2.24, 2.45) is 29.6 Å². The van der Waals surface area contributed by atoms with Crippen molar-refractivity contribution >= 4 is 128 Å². The average molecular weight is 2050 g/mol. The normalized spacial score (nSPS) is 18.4. The highest BCUT2D eigenvalue weighted by Crippen LogP contribution is 2.46. The summed E-state index contributed by atoms with van der Waals surface area (Å²) in [4.78, 5) is 110. The number of hydrogen-bond donors (Lipinski definition) is 8. The van der Waals surface area contributed by atoms with Crippen molar-refractivity contribution in [2.75, 3.05) is 95.1 Å². The minimum absolute atomic E-state index is 0.0106. The number of aromatic nitrogens is 8. The summed E-state index contributed by atoms with van der Waals surface area (Å²) in [6.07, 6.45) is 9.15. The van der Waals surface area contributed by atoms with Crippen molar-refractivity contribution in [3.8, 4) is 17.0 Å². The molecule has 0 spiro atoms. The summed E-state index contributed by atoms with van der Waals surface area (Å²) in [6.45, 7) is 54.2. The third kappa shape index (κ3) is 27.1. The molecule has 13 heterocycles. The highest BCUT2D eigenvalue weighted by atomic mass is 32.2. The number of nitrogens with two attached hydrogens (primary N) is 4. The fourth-order valence-corrected chi connectivity index (χ4v) is 22.9. The van der Waals surface area contributed by atoms with E-state index in [0.717, 1.165) is 71.6 Å². The summed E-state index contributed by atoms with van der Waals surface area (Å²) in [5.41, 5.74) is 28.7. The van der Waals surface area contributed by atoms with Crippen LogP contribution < -0.4 is 66.2 Å². The molecule has 9 aromatic rings. The topological polar surface area (TPSA) is 518 Å². The molecule has 0 saturated carbocycles. The fourth-order valence-electron chi connectivity index (χ4n) is 19.1. The number of rotatable bonds is 25. The van der Waals surface area contributed by atoms with Gasteiger partial charge in [0, 0.05) is 88.0 Å². The van der Waals surface area contributed by atoms with Gasteiger partial charge in [0.25, 0.3) is 63.7 Å². The molecule has 5 aliphatic heterocycles. The van der Waals surface area contributed by atoms with Crippen LogP contribution in [0.1, 0.15) is 272 Å². The van der Waals surface area contributed by atoms with Crippen LogP contribution in [0.15, 0.2) is 160 Å². The number of hydrogen-bond acceptors (Lipinski definition) is 32. The molecule has 776 valence electrons. The number of aryl methyl sites for hydroxylation is 1. The van der Waals surface area contributed by atoms with Gasteiger partial charge in [-0.2, -0.15) is 33.7 Å². The quantitative estimate of drug-likeness (QED) is 0.0195. The van der Waals surface area contributed by atoms with Crippen LogP contribution in [0.2, 0.25) is 0 Å². The Hall–Kier alpha value is -12.8. The van der Waals surface area contributed by atoms with Crippen molar-refractivity contribution in [1.82, 2.24) is 58.8 Å². The lowest BCUT2D eigenvalue weighted by atomic mass is 9.84. The number of ether oxygens (including phenoxy) is 3. The molecular formula is C104H140N20O16S4. The molecule has 5 aliphatic rings. The second-order valence-corrected chi connectivity index (χ2v) is 49.2. The first-order valence-electron chi connectivity index (χ1n) is 48.2. The fraction of sp³-hybridized carbons (Fsp3) is 0.471. The molecule has 0 bridgehead atoms. The number of pyridine rings is 8. The summed E-state index contributed by atoms with van der Waals surface area (Å²) in [7, 11) is -17.0. The zero-order chi connectivity index (χ0) is 106. The Bertz CT molecular complexity index is 6880. The molecule has 5 atom stereocenters. The van der Waals surface area contributed by atoms with Gasteiger partial charge in [0.1, 0.15) is 52.3 Å². The maximum atomic E-state index is 13.7. The van der Waals surface area contributed by atoms with Crippen molar-refractivity contribution in [3.63, 3.8) is 0 Å².